The largest absolute Gasteiger partial charge is 0.355 e. The van der Waals surface area contributed by atoms with Gasteiger partial charge in [-0.15, -0.1) is 0 Å². The molecular formula is C28H34N8O. The Balaban J connectivity index is 1.26. The van der Waals surface area contributed by atoms with Gasteiger partial charge in [0.1, 0.15) is 5.82 Å². The van der Waals surface area contributed by atoms with Crippen molar-refractivity contribution in [3.05, 3.63) is 60.6 Å². The van der Waals surface area contributed by atoms with Gasteiger partial charge in [0, 0.05) is 74.6 Å². The van der Waals surface area contributed by atoms with E-state index in [0.717, 1.165) is 55.1 Å². The minimum absolute atomic E-state index is 0.118. The number of nitrogens with zero attached hydrogens (tertiary/aromatic N) is 5. The summed E-state index contributed by atoms with van der Waals surface area (Å²) in [6, 6.07) is 13.6. The van der Waals surface area contributed by atoms with E-state index in [1.54, 1.807) is 0 Å². The lowest BCUT2D eigenvalue weighted by atomic mass is 9.98. The second-order valence-electron chi connectivity index (χ2n) is 10.3. The van der Waals surface area contributed by atoms with Crippen LogP contribution >= 0.6 is 0 Å². The molecule has 3 saturated heterocycles. The van der Waals surface area contributed by atoms with Crippen LogP contribution < -0.4 is 16.0 Å². The van der Waals surface area contributed by atoms with Crippen LogP contribution in [-0.2, 0) is 11.3 Å². The van der Waals surface area contributed by atoms with Gasteiger partial charge in [0.15, 0.2) is 0 Å². The average Bonchev–Trinajstić information content (AvgIpc) is 3.20. The minimum atomic E-state index is 0.118. The zero-order valence-corrected chi connectivity index (χ0v) is 21.1. The monoisotopic (exact) mass is 498 g/mol. The lowest BCUT2D eigenvalue weighted by Gasteiger charge is -2.38. The predicted octanol–water partition coefficient (Wildman–Crippen LogP) is 3.25. The smallest absolute Gasteiger partial charge is 0.234 e. The highest BCUT2D eigenvalue weighted by molar-refractivity contribution is 5.78. The van der Waals surface area contributed by atoms with Crippen molar-refractivity contribution in [3.63, 3.8) is 0 Å². The van der Waals surface area contributed by atoms with Crippen molar-refractivity contribution in [1.82, 2.24) is 30.1 Å². The molecule has 0 saturated carbocycles. The van der Waals surface area contributed by atoms with E-state index in [9.17, 15) is 4.79 Å². The Morgan fingerprint density at radius 3 is 2.62 bits per heavy atom. The molecule has 7 heterocycles. The van der Waals surface area contributed by atoms with Gasteiger partial charge in [-0.25, -0.2) is 15.0 Å². The first-order chi connectivity index (χ1) is 18.2. The van der Waals surface area contributed by atoms with E-state index in [2.05, 4.69) is 65.0 Å². The maximum Gasteiger partial charge on any atom is 0.234 e. The summed E-state index contributed by atoms with van der Waals surface area (Å²) in [7, 11) is 0. The van der Waals surface area contributed by atoms with Gasteiger partial charge in [-0.2, -0.15) is 0 Å². The number of rotatable bonds is 0. The first kappa shape index (κ1) is 23.8. The van der Waals surface area contributed by atoms with Gasteiger partial charge in [0.2, 0.25) is 11.9 Å². The highest BCUT2D eigenvalue weighted by Crippen LogP contribution is 2.30. The zero-order valence-electron chi connectivity index (χ0n) is 21.1. The molecule has 5 aliphatic heterocycles. The molecule has 4 unspecified atom stereocenters. The number of aromatic nitrogens is 3. The predicted molar refractivity (Wildman–Crippen MR) is 145 cm³/mol. The number of benzene rings is 1. The van der Waals surface area contributed by atoms with Gasteiger partial charge in [0.25, 0.3) is 0 Å². The molecule has 9 nitrogen and oxygen atoms in total. The van der Waals surface area contributed by atoms with E-state index >= 15 is 0 Å². The van der Waals surface area contributed by atoms with E-state index < -0.39 is 0 Å². The van der Waals surface area contributed by atoms with Gasteiger partial charge in [-0.05, 0) is 61.1 Å². The topological polar surface area (TPSA) is 98.3 Å². The number of hydrogen-bond donors (Lipinski definition) is 3. The normalized spacial score (nSPS) is 26.0. The van der Waals surface area contributed by atoms with Gasteiger partial charge >= 0.3 is 0 Å². The van der Waals surface area contributed by atoms with E-state index in [-0.39, 0.29) is 5.91 Å². The number of carbonyl (C=O) groups excluding carboxylic acids is 1. The fourth-order valence-corrected chi connectivity index (χ4v) is 5.74. The Kier molecular flexibility index (Phi) is 6.96. The fourth-order valence-electron chi connectivity index (χ4n) is 5.74. The maximum absolute atomic E-state index is 12.7. The van der Waals surface area contributed by atoms with Crippen molar-refractivity contribution in [2.45, 2.75) is 44.3 Å². The molecule has 10 bridgehead atoms. The lowest BCUT2D eigenvalue weighted by Crippen LogP contribution is -2.50. The second kappa shape index (κ2) is 10.8. The summed E-state index contributed by atoms with van der Waals surface area (Å²) in [6.07, 6.45) is 9.74. The number of nitrogens with one attached hydrogen (secondary N) is 3. The third-order valence-electron chi connectivity index (χ3n) is 7.70. The van der Waals surface area contributed by atoms with E-state index in [0.29, 0.717) is 37.7 Å². The van der Waals surface area contributed by atoms with E-state index in [1.165, 1.54) is 18.4 Å². The number of piperidine rings is 1. The van der Waals surface area contributed by atoms with Crippen LogP contribution in [0.15, 0.2) is 55.0 Å². The Morgan fingerprint density at radius 2 is 1.70 bits per heavy atom. The van der Waals surface area contributed by atoms with Crippen molar-refractivity contribution >= 4 is 23.4 Å². The van der Waals surface area contributed by atoms with Gasteiger partial charge in [-0.3, -0.25) is 14.6 Å². The van der Waals surface area contributed by atoms with Crippen molar-refractivity contribution in [2.75, 3.05) is 43.4 Å². The molecule has 3 aromatic rings. The van der Waals surface area contributed by atoms with Crippen molar-refractivity contribution in [1.29, 1.82) is 0 Å². The standard InChI is InChI=1S/C28H34N8O/c37-27-19-36-18-25-6-5-24(36)8-12-35(25)17-20-3-1-4-23(13-20)34-26-14-21(7-11-29-26)22-15-32-28(33-16-22)31-10-2-9-30-27/h1,3-4,7,11,13-16,24-25H,2,5-6,8-10,12,17-19H2,(H,29,34)(H,30,37)(H,31,32,33). The molecule has 0 radical (unpaired) electrons. The Bertz CT molecular complexity index is 1230. The first-order valence-electron chi connectivity index (χ1n) is 13.3. The SMILES string of the molecule is O=C1CN2CC3CCC2CCN3Cc2cccc(c2)Nc2cc(ccn2)-c2cnc(nc2)NCCCN1. The molecule has 192 valence electrons. The van der Waals surface area contributed by atoms with Crippen LogP contribution in [0.25, 0.3) is 11.1 Å². The number of carbonyl (C=O) groups is 1. The summed E-state index contributed by atoms with van der Waals surface area (Å²) in [6.45, 7) is 4.77. The van der Waals surface area contributed by atoms with Crippen LogP contribution in [0.4, 0.5) is 17.5 Å². The minimum Gasteiger partial charge on any atom is -0.355 e. The summed E-state index contributed by atoms with van der Waals surface area (Å²) >= 11 is 0. The first-order valence-corrected chi connectivity index (χ1v) is 13.3. The molecule has 8 rings (SSSR count). The molecule has 0 spiro atoms. The van der Waals surface area contributed by atoms with Gasteiger partial charge in [0.05, 0.1) is 6.54 Å². The van der Waals surface area contributed by atoms with E-state index in [4.69, 9.17) is 0 Å². The lowest BCUT2D eigenvalue weighted by molar-refractivity contribution is -0.123. The molecular weight excluding hydrogens is 464 g/mol. The maximum atomic E-state index is 12.7. The summed E-state index contributed by atoms with van der Waals surface area (Å²) in [5, 5.41) is 9.83. The van der Waals surface area contributed by atoms with Crippen LogP contribution in [-0.4, -0.2) is 75.5 Å². The van der Waals surface area contributed by atoms with Crippen molar-refractivity contribution in [3.8, 4) is 11.1 Å². The van der Waals surface area contributed by atoms with Crippen molar-refractivity contribution < 1.29 is 4.79 Å². The van der Waals surface area contributed by atoms with Gasteiger partial charge in [-0.1, -0.05) is 12.1 Å². The molecule has 1 amide bonds. The van der Waals surface area contributed by atoms with Crippen LogP contribution in [0.2, 0.25) is 0 Å². The fraction of sp³-hybridized carbons (Fsp3) is 0.429. The number of hydrogen-bond acceptors (Lipinski definition) is 8. The second-order valence-corrected chi connectivity index (χ2v) is 10.3. The van der Waals surface area contributed by atoms with Gasteiger partial charge < -0.3 is 16.0 Å². The van der Waals surface area contributed by atoms with Crippen molar-refractivity contribution in [2.24, 2.45) is 0 Å². The van der Waals surface area contributed by atoms with Crippen LogP contribution in [0.1, 0.15) is 31.2 Å². The third kappa shape index (κ3) is 5.73. The Labute approximate surface area is 217 Å². The molecule has 5 aliphatic rings. The zero-order chi connectivity index (χ0) is 25.0. The average molecular weight is 499 g/mol. The number of anilines is 3. The third-order valence-corrected chi connectivity index (χ3v) is 7.70. The Hall–Kier alpha value is -3.56. The highest BCUT2D eigenvalue weighted by Gasteiger charge is 2.36. The summed E-state index contributed by atoms with van der Waals surface area (Å²) in [5.41, 5.74) is 4.24. The summed E-state index contributed by atoms with van der Waals surface area (Å²) in [5.74, 6) is 1.49. The molecule has 2 aromatic heterocycles. The molecule has 3 N–H and O–H groups in total. The molecule has 37 heavy (non-hydrogen) atoms. The number of fused-ring (bicyclic) bond motifs is 10. The molecule has 9 heteroatoms. The van der Waals surface area contributed by atoms with Crippen LogP contribution in [0, 0.1) is 0 Å². The van der Waals surface area contributed by atoms with E-state index in [1.807, 2.05) is 30.7 Å². The molecule has 4 atom stereocenters. The number of pyridine rings is 1. The summed E-state index contributed by atoms with van der Waals surface area (Å²) in [4.78, 5) is 31.2. The van der Waals surface area contributed by atoms with Crippen LogP contribution in [0.5, 0.6) is 0 Å². The molecule has 3 fully saturated rings. The molecule has 0 aliphatic carbocycles. The highest BCUT2D eigenvalue weighted by atomic mass is 16.2. The van der Waals surface area contributed by atoms with Crippen LogP contribution in [0.3, 0.4) is 0 Å². The summed E-state index contributed by atoms with van der Waals surface area (Å²) < 4.78 is 0. The molecule has 1 aromatic carbocycles. The quantitative estimate of drug-likeness (QED) is 0.435. The number of amides is 1. The Morgan fingerprint density at radius 1 is 0.838 bits per heavy atom.